The van der Waals surface area contributed by atoms with E-state index >= 15 is 0 Å². The summed E-state index contributed by atoms with van der Waals surface area (Å²) in [4.78, 5) is 11.9. The highest BCUT2D eigenvalue weighted by Crippen LogP contribution is 2.36. The molecule has 0 aliphatic rings. The first-order valence-corrected chi connectivity index (χ1v) is 6.88. The Labute approximate surface area is 132 Å². The lowest BCUT2D eigenvalue weighted by Gasteiger charge is -2.10. The summed E-state index contributed by atoms with van der Waals surface area (Å²) < 4.78 is 14.1. The van der Waals surface area contributed by atoms with Crippen LogP contribution in [-0.2, 0) is 0 Å². The summed E-state index contributed by atoms with van der Waals surface area (Å²) >= 11 is 15.1. The van der Waals surface area contributed by atoms with Crippen molar-refractivity contribution in [3.8, 4) is 5.75 Å². The van der Waals surface area contributed by atoms with Crippen LogP contribution in [-0.4, -0.2) is 11.0 Å². The van der Waals surface area contributed by atoms with Gasteiger partial charge in [0.15, 0.2) is 0 Å². The molecule has 0 aliphatic carbocycles. The number of nitrogens with one attached hydrogen (secondary N) is 1. The lowest BCUT2D eigenvalue weighted by atomic mass is 10.2. The van der Waals surface area contributed by atoms with Crippen LogP contribution >= 0.6 is 39.1 Å². The molecule has 0 heterocycles. The molecular weight excluding hydrogens is 372 g/mol. The quantitative estimate of drug-likeness (QED) is 0.733. The standard InChI is InChI=1S/C13H7BrCl2FNO2/c14-8-3-4-10(12(16)11(8)15)18-13(20)7-2-1-6(19)5-9(7)17/h1-5,19H,(H,18,20). The van der Waals surface area contributed by atoms with Gasteiger partial charge < -0.3 is 10.4 Å². The van der Waals surface area contributed by atoms with Crippen molar-refractivity contribution in [2.24, 2.45) is 0 Å². The Balaban J connectivity index is 2.30. The summed E-state index contributed by atoms with van der Waals surface area (Å²) in [5, 5.41) is 12.0. The Morgan fingerprint density at radius 2 is 1.90 bits per heavy atom. The third-order valence-electron chi connectivity index (χ3n) is 2.48. The van der Waals surface area contributed by atoms with Crippen molar-refractivity contribution < 1.29 is 14.3 Å². The second-order valence-corrected chi connectivity index (χ2v) is 5.45. The normalized spacial score (nSPS) is 10.4. The van der Waals surface area contributed by atoms with Crippen LogP contribution in [0, 0.1) is 5.82 Å². The van der Waals surface area contributed by atoms with E-state index in [4.69, 9.17) is 28.3 Å². The smallest absolute Gasteiger partial charge is 0.258 e. The van der Waals surface area contributed by atoms with Gasteiger partial charge in [0.2, 0.25) is 0 Å². The minimum atomic E-state index is -0.832. The van der Waals surface area contributed by atoms with Crippen LogP contribution in [0.3, 0.4) is 0 Å². The predicted molar refractivity (Wildman–Crippen MR) is 80.2 cm³/mol. The number of phenolic OH excluding ortho intramolecular Hbond substituents is 1. The second kappa shape index (κ2) is 5.99. The van der Waals surface area contributed by atoms with Crippen LogP contribution in [0.4, 0.5) is 10.1 Å². The summed E-state index contributed by atoms with van der Waals surface area (Å²) in [7, 11) is 0. The van der Waals surface area contributed by atoms with E-state index < -0.39 is 11.7 Å². The minimum absolute atomic E-state index is 0.147. The largest absolute Gasteiger partial charge is 0.508 e. The van der Waals surface area contributed by atoms with Gasteiger partial charge in [0.25, 0.3) is 5.91 Å². The monoisotopic (exact) mass is 377 g/mol. The van der Waals surface area contributed by atoms with Crippen molar-refractivity contribution in [3.05, 3.63) is 56.2 Å². The van der Waals surface area contributed by atoms with Gasteiger partial charge in [0.05, 0.1) is 21.3 Å². The van der Waals surface area contributed by atoms with Gasteiger partial charge in [-0.15, -0.1) is 0 Å². The van der Waals surface area contributed by atoms with Crippen LogP contribution < -0.4 is 5.32 Å². The van der Waals surface area contributed by atoms with Crippen molar-refractivity contribution in [3.63, 3.8) is 0 Å². The van der Waals surface area contributed by atoms with Crippen LogP contribution in [0.5, 0.6) is 5.75 Å². The molecule has 0 fully saturated rings. The van der Waals surface area contributed by atoms with Crippen LogP contribution in [0.2, 0.25) is 10.0 Å². The number of anilines is 1. The lowest BCUT2D eigenvalue weighted by Crippen LogP contribution is -2.14. The first-order chi connectivity index (χ1) is 9.40. The van der Waals surface area contributed by atoms with E-state index in [1.54, 1.807) is 6.07 Å². The highest BCUT2D eigenvalue weighted by atomic mass is 79.9. The number of hydrogen-bond acceptors (Lipinski definition) is 2. The SMILES string of the molecule is O=C(Nc1ccc(Br)c(Cl)c1Cl)c1ccc(O)cc1F. The summed E-state index contributed by atoms with van der Waals surface area (Å²) in [5.41, 5.74) is 0.0512. The van der Waals surface area contributed by atoms with E-state index in [-0.39, 0.29) is 27.0 Å². The Bertz CT molecular complexity index is 694. The number of phenols is 1. The highest BCUT2D eigenvalue weighted by molar-refractivity contribution is 9.10. The summed E-state index contributed by atoms with van der Waals surface area (Å²) in [6.07, 6.45) is 0. The van der Waals surface area contributed by atoms with Gasteiger partial charge in [-0.25, -0.2) is 4.39 Å². The fourth-order valence-corrected chi connectivity index (χ4v) is 2.32. The average molecular weight is 379 g/mol. The fourth-order valence-electron chi connectivity index (χ4n) is 1.50. The van der Waals surface area contributed by atoms with E-state index in [2.05, 4.69) is 21.2 Å². The Morgan fingerprint density at radius 3 is 2.55 bits per heavy atom. The molecule has 0 unspecified atom stereocenters. The molecular formula is C13H7BrCl2FNO2. The van der Waals surface area contributed by atoms with Crippen molar-refractivity contribution in [2.75, 3.05) is 5.32 Å². The van der Waals surface area contributed by atoms with Crippen LogP contribution in [0.15, 0.2) is 34.8 Å². The third kappa shape index (κ3) is 3.06. The molecule has 1 amide bonds. The molecule has 0 saturated heterocycles. The van der Waals surface area contributed by atoms with Gasteiger partial charge in [-0.1, -0.05) is 23.2 Å². The summed E-state index contributed by atoms with van der Waals surface area (Å²) in [6.45, 7) is 0. The molecule has 0 bridgehead atoms. The van der Waals surface area contributed by atoms with E-state index in [0.717, 1.165) is 6.07 Å². The fraction of sp³-hybridized carbons (Fsp3) is 0. The Hall–Kier alpha value is -1.30. The number of carbonyl (C=O) groups is 1. The molecule has 0 aromatic heterocycles. The maximum absolute atomic E-state index is 13.6. The topological polar surface area (TPSA) is 49.3 Å². The van der Waals surface area contributed by atoms with Gasteiger partial charge in [-0.05, 0) is 40.2 Å². The molecule has 20 heavy (non-hydrogen) atoms. The molecule has 7 heteroatoms. The summed E-state index contributed by atoms with van der Waals surface area (Å²) in [5.74, 6) is -1.78. The molecule has 104 valence electrons. The second-order valence-electron chi connectivity index (χ2n) is 3.84. The maximum Gasteiger partial charge on any atom is 0.258 e. The number of amides is 1. The molecule has 0 aliphatic heterocycles. The lowest BCUT2D eigenvalue weighted by molar-refractivity contribution is 0.102. The number of benzene rings is 2. The molecule has 0 saturated carbocycles. The van der Waals surface area contributed by atoms with Gasteiger partial charge in [-0.2, -0.15) is 0 Å². The minimum Gasteiger partial charge on any atom is -0.508 e. The number of carbonyl (C=O) groups excluding carboxylic acids is 1. The third-order valence-corrected chi connectivity index (χ3v) is 4.25. The van der Waals surface area contributed by atoms with E-state index in [1.165, 1.54) is 18.2 Å². The molecule has 2 rings (SSSR count). The van der Waals surface area contributed by atoms with Crippen molar-refractivity contribution >= 4 is 50.7 Å². The number of aromatic hydroxyl groups is 1. The van der Waals surface area contributed by atoms with Crippen LogP contribution in [0.25, 0.3) is 0 Å². The zero-order valence-electron chi connectivity index (χ0n) is 9.75. The highest BCUT2D eigenvalue weighted by Gasteiger charge is 2.15. The molecule has 0 spiro atoms. The van der Waals surface area contributed by atoms with Gasteiger partial charge in [0.1, 0.15) is 11.6 Å². The Kier molecular flexibility index (Phi) is 4.52. The summed E-state index contributed by atoms with van der Waals surface area (Å²) in [6, 6.07) is 6.39. The Morgan fingerprint density at radius 1 is 1.20 bits per heavy atom. The molecule has 2 aromatic rings. The predicted octanol–water partition coefficient (Wildman–Crippen LogP) is 4.85. The molecule has 3 nitrogen and oxygen atoms in total. The number of halogens is 4. The van der Waals surface area contributed by atoms with E-state index in [9.17, 15) is 9.18 Å². The van der Waals surface area contributed by atoms with E-state index in [0.29, 0.717) is 4.47 Å². The molecule has 2 aromatic carbocycles. The van der Waals surface area contributed by atoms with Crippen molar-refractivity contribution in [1.82, 2.24) is 0 Å². The van der Waals surface area contributed by atoms with Crippen molar-refractivity contribution in [1.29, 1.82) is 0 Å². The van der Waals surface area contributed by atoms with Gasteiger partial charge in [-0.3, -0.25) is 4.79 Å². The average Bonchev–Trinajstić information content (AvgIpc) is 2.39. The zero-order chi connectivity index (χ0) is 14.9. The van der Waals surface area contributed by atoms with E-state index in [1.807, 2.05) is 0 Å². The molecule has 0 radical (unpaired) electrons. The van der Waals surface area contributed by atoms with Gasteiger partial charge in [0, 0.05) is 10.5 Å². The number of hydrogen-bond donors (Lipinski definition) is 2. The van der Waals surface area contributed by atoms with Gasteiger partial charge >= 0.3 is 0 Å². The zero-order valence-corrected chi connectivity index (χ0v) is 12.9. The maximum atomic E-state index is 13.6. The number of rotatable bonds is 2. The van der Waals surface area contributed by atoms with Crippen molar-refractivity contribution in [2.45, 2.75) is 0 Å². The first kappa shape index (κ1) is 15.1. The van der Waals surface area contributed by atoms with Crippen LogP contribution in [0.1, 0.15) is 10.4 Å². The molecule has 0 atom stereocenters. The first-order valence-electron chi connectivity index (χ1n) is 5.33. The molecule has 2 N–H and O–H groups in total.